The Bertz CT molecular complexity index is 906. The van der Waals surface area contributed by atoms with Gasteiger partial charge in [-0.2, -0.15) is 0 Å². The summed E-state index contributed by atoms with van der Waals surface area (Å²) < 4.78 is 21.0. The van der Waals surface area contributed by atoms with Crippen LogP contribution in [0.5, 0.6) is 5.75 Å². The summed E-state index contributed by atoms with van der Waals surface area (Å²) in [6, 6.07) is 15.3. The Morgan fingerprint density at radius 3 is 2.68 bits per heavy atom. The van der Waals surface area contributed by atoms with Crippen molar-refractivity contribution in [2.24, 2.45) is 7.05 Å². The van der Waals surface area contributed by atoms with Crippen molar-refractivity contribution in [1.29, 1.82) is 0 Å². The molecule has 146 valence electrons. The Labute approximate surface area is 166 Å². The van der Waals surface area contributed by atoms with E-state index in [-0.39, 0.29) is 18.3 Å². The number of hydrogen-bond acceptors (Lipinski definition) is 6. The van der Waals surface area contributed by atoms with Gasteiger partial charge in [0.15, 0.2) is 11.6 Å². The summed E-state index contributed by atoms with van der Waals surface area (Å²) in [6.07, 6.45) is 0.292. The number of ether oxygens (including phenoxy) is 1. The third-order valence-corrected chi connectivity index (χ3v) is 4.93. The van der Waals surface area contributed by atoms with Gasteiger partial charge in [0.1, 0.15) is 6.61 Å². The summed E-state index contributed by atoms with van der Waals surface area (Å²) >= 11 is 1.40. The van der Waals surface area contributed by atoms with Gasteiger partial charge in [-0.1, -0.05) is 54.2 Å². The number of nitrogens with one attached hydrogen (secondary N) is 1. The van der Waals surface area contributed by atoms with Gasteiger partial charge in [0.2, 0.25) is 11.1 Å². The van der Waals surface area contributed by atoms with Crippen molar-refractivity contribution in [2.75, 3.05) is 12.4 Å². The van der Waals surface area contributed by atoms with Crippen molar-refractivity contribution in [3.63, 3.8) is 0 Å². The van der Waals surface area contributed by atoms with E-state index in [2.05, 4.69) is 20.8 Å². The molecule has 1 unspecified atom stereocenters. The van der Waals surface area contributed by atoms with Crippen LogP contribution in [0.1, 0.15) is 18.0 Å². The molecule has 1 amide bonds. The summed E-state index contributed by atoms with van der Waals surface area (Å²) in [5.41, 5.74) is 0.886. The maximum atomic E-state index is 13.8. The van der Waals surface area contributed by atoms with E-state index in [4.69, 9.17) is 4.74 Å². The second-order valence-electron chi connectivity index (χ2n) is 5.96. The first kappa shape index (κ1) is 19.8. The number of hydrogen-bond donors (Lipinski definition) is 1. The predicted molar refractivity (Wildman–Crippen MR) is 103 cm³/mol. The van der Waals surface area contributed by atoms with Gasteiger partial charge in [-0.25, -0.2) is 9.07 Å². The zero-order chi connectivity index (χ0) is 19.8. The molecule has 2 aromatic carbocycles. The third kappa shape index (κ3) is 5.53. The molecule has 0 saturated carbocycles. The van der Waals surface area contributed by atoms with Gasteiger partial charge in [-0.05, 0) is 28.1 Å². The van der Waals surface area contributed by atoms with E-state index < -0.39 is 11.9 Å². The fraction of sp³-hybridized carbons (Fsp3) is 0.263. The lowest BCUT2D eigenvalue weighted by atomic mass is 10.1. The van der Waals surface area contributed by atoms with E-state index in [1.807, 2.05) is 30.3 Å². The highest BCUT2D eigenvalue weighted by Gasteiger charge is 2.16. The molecule has 3 rings (SSSR count). The number of amides is 1. The number of para-hydroxylation sites is 1. The highest BCUT2D eigenvalue weighted by Crippen LogP contribution is 2.20. The molecule has 0 aliphatic heterocycles. The van der Waals surface area contributed by atoms with Crippen molar-refractivity contribution in [3.8, 4) is 5.75 Å². The molecule has 28 heavy (non-hydrogen) atoms. The first-order valence-electron chi connectivity index (χ1n) is 8.70. The summed E-state index contributed by atoms with van der Waals surface area (Å²) in [7, 11) is 1.74. The number of nitrogens with zero attached hydrogens (tertiary/aromatic N) is 4. The molecular formula is C19H20FN5O2S. The van der Waals surface area contributed by atoms with Crippen LogP contribution in [0.15, 0.2) is 59.8 Å². The van der Waals surface area contributed by atoms with E-state index >= 15 is 0 Å². The summed E-state index contributed by atoms with van der Waals surface area (Å²) in [5.74, 6) is 0.126. The van der Waals surface area contributed by atoms with Crippen molar-refractivity contribution >= 4 is 17.7 Å². The molecule has 3 aromatic rings. The molecule has 1 heterocycles. The quantitative estimate of drug-likeness (QED) is 0.555. The number of aryl methyl sites for hydroxylation is 1. The van der Waals surface area contributed by atoms with E-state index in [9.17, 15) is 9.18 Å². The number of aromatic nitrogens is 4. The molecule has 0 aliphatic carbocycles. The second kappa shape index (κ2) is 9.84. The molecule has 1 atom stereocenters. The topological polar surface area (TPSA) is 81.9 Å². The van der Waals surface area contributed by atoms with Gasteiger partial charge in [0.25, 0.3) is 0 Å². The van der Waals surface area contributed by atoms with Crippen molar-refractivity contribution in [3.05, 3.63) is 66.0 Å². The first-order valence-corrected chi connectivity index (χ1v) is 9.69. The first-order chi connectivity index (χ1) is 13.6. The van der Waals surface area contributed by atoms with Crippen LogP contribution in [0.2, 0.25) is 0 Å². The fourth-order valence-corrected chi connectivity index (χ4v) is 3.27. The molecule has 0 spiro atoms. The van der Waals surface area contributed by atoms with E-state index in [0.29, 0.717) is 17.3 Å². The van der Waals surface area contributed by atoms with E-state index in [1.165, 1.54) is 17.8 Å². The highest BCUT2D eigenvalue weighted by atomic mass is 32.2. The standard InChI is InChI=1S/C19H20FN5O2S/c1-25-19(22-23-24-25)28-12-11-18(26)21-16(14-7-3-2-4-8-14)13-27-17-10-6-5-9-15(17)20/h2-10,16H,11-13H2,1H3,(H,21,26). The van der Waals surface area contributed by atoms with Gasteiger partial charge >= 0.3 is 0 Å². The van der Waals surface area contributed by atoms with Crippen molar-refractivity contribution in [1.82, 2.24) is 25.5 Å². The molecule has 0 radical (unpaired) electrons. The number of tetrazole rings is 1. The van der Waals surface area contributed by atoms with Crippen LogP contribution in [0.4, 0.5) is 4.39 Å². The zero-order valence-corrected chi connectivity index (χ0v) is 16.1. The molecule has 7 nitrogen and oxygen atoms in total. The summed E-state index contributed by atoms with van der Waals surface area (Å²) in [6.45, 7) is 0.122. The predicted octanol–water partition coefficient (Wildman–Crippen LogP) is 2.77. The summed E-state index contributed by atoms with van der Waals surface area (Å²) in [4.78, 5) is 12.4. The summed E-state index contributed by atoms with van der Waals surface area (Å²) in [5, 5.41) is 14.8. The van der Waals surface area contributed by atoms with Crippen molar-refractivity contribution < 1.29 is 13.9 Å². The van der Waals surface area contributed by atoms with Crippen molar-refractivity contribution in [2.45, 2.75) is 17.6 Å². The van der Waals surface area contributed by atoms with Gasteiger partial charge < -0.3 is 10.1 Å². The van der Waals surface area contributed by atoms with Crippen LogP contribution in [0, 0.1) is 5.82 Å². The van der Waals surface area contributed by atoms with Gasteiger partial charge in [-0.3, -0.25) is 4.79 Å². The Kier molecular flexibility index (Phi) is 6.96. The van der Waals surface area contributed by atoms with Crippen LogP contribution >= 0.6 is 11.8 Å². The Morgan fingerprint density at radius 2 is 1.96 bits per heavy atom. The molecule has 9 heteroatoms. The SMILES string of the molecule is Cn1nnnc1SCCC(=O)NC(COc1ccccc1F)c1ccccc1. The fourth-order valence-electron chi connectivity index (χ4n) is 2.49. The number of carbonyl (C=O) groups is 1. The highest BCUT2D eigenvalue weighted by molar-refractivity contribution is 7.99. The van der Waals surface area contributed by atoms with E-state index in [1.54, 1.807) is 29.9 Å². The molecule has 1 N–H and O–H groups in total. The number of benzene rings is 2. The Hall–Kier alpha value is -2.94. The van der Waals surface area contributed by atoms with Crippen LogP contribution in [-0.4, -0.2) is 38.5 Å². The molecule has 0 saturated heterocycles. The monoisotopic (exact) mass is 401 g/mol. The minimum Gasteiger partial charge on any atom is -0.488 e. The van der Waals surface area contributed by atoms with Crippen LogP contribution in [0.25, 0.3) is 0 Å². The number of rotatable bonds is 9. The maximum Gasteiger partial charge on any atom is 0.221 e. The number of carbonyl (C=O) groups excluding carboxylic acids is 1. The maximum absolute atomic E-state index is 13.8. The second-order valence-corrected chi connectivity index (χ2v) is 7.02. The minimum absolute atomic E-state index is 0.122. The average Bonchev–Trinajstić information content (AvgIpc) is 3.12. The lowest BCUT2D eigenvalue weighted by Crippen LogP contribution is -2.32. The zero-order valence-electron chi connectivity index (χ0n) is 15.3. The molecule has 0 fully saturated rings. The third-order valence-electron chi connectivity index (χ3n) is 3.92. The molecular weight excluding hydrogens is 381 g/mol. The van der Waals surface area contributed by atoms with E-state index in [0.717, 1.165) is 5.56 Å². The normalized spacial score (nSPS) is 11.8. The molecule has 0 aliphatic rings. The smallest absolute Gasteiger partial charge is 0.221 e. The largest absolute Gasteiger partial charge is 0.488 e. The number of thioether (sulfide) groups is 1. The van der Waals surface area contributed by atoms with Crippen LogP contribution in [0.3, 0.4) is 0 Å². The lowest BCUT2D eigenvalue weighted by Gasteiger charge is -2.20. The molecule has 1 aromatic heterocycles. The average molecular weight is 401 g/mol. The lowest BCUT2D eigenvalue weighted by molar-refractivity contribution is -0.121. The Balaban J connectivity index is 1.58. The van der Waals surface area contributed by atoms with Gasteiger partial charge in [0.05, 0.1) is 6.04 Å². The Morgan fingerprint density at radius 1 is 1.21 bits per heavy atom. The number of halogens is 1. The van der Waals surface area contributed by atoms with Crippen LogP contribution in [-0.2, 0) is 11.8 Å². The minimum atomic E-state index is -0.436. The molecule has 0 bridgehead atoms. The van der Waals surface area contributed by atoms with Crippen LogP contribution < -0.4 is 10.1 Å². The van der Waals surface area contributed by atoms with Gasteiger partial charge in [-0.15, -0.1) is 5.10 Å². The van der Waals surface area contributed by atoms with Gasteiger partial charge in [0, 0.05) is 19.2 Å².